The number of thiazole rings is 1. The van der Waals surface area contributed by atoms with Crippen LogP contribution in [0.5, 0.6) is 5.75 Å². The van der Waals surface area contributed by atoms with Gasteiger partial charge in [0.05, 0.1) is 5.01 Å². The summed E-state index contributed by atoms with van der Waals surface area (Å²) >= 11 is 1.43. The zero-order valence-electron chi connectivity index (χ0n) is 9.98. The number of hydrogen-bond acceptors (Lipinski definition) is 4. The average Bonchev–Trinajstić information content (AvgIpc) is 3.14. The molecule has 0 radical (unpaired) electrons. The van der Waals surface area contributed by atoms with Crippen molar-refractivity contribution in [3.63, 3.8) is 0 Å². The Kier molecular flexibility index (Phi) is 3.10. The average molecular weight is 282 g/mol. The lowest BCUT2D eigenvalue weighted by Crippen LogP contribution is -2.03. The van der Waals surface area contributed by atoms with Crippen LogP contribution in [0.1, 0.15) is 23.8 Å². The first-order valence-corrected chi connectivity index (χ1v) is 6.77. The van der Waals surface area contributed by atoms with Crippen molar-refractivity contribution in [2.45, 2.75) is 25.4 Å². The van der Waals surface area contributed by atoms with Gasteiger partial charge >= 0.3 is 6.61 Å². The summed E-state index contributed by atoms with van der Waals surface area (Å²) in [5.74, 6) is 0.598. The molecule has 2 aromatic rings. The van der Waals surface area contributed by atoms with E-state index in [1.165, 1.54) is 17.4 Å². The molecule has 0 saturated heterocycles. The summed E-state index contributed by atoms with van der Waals surface area (Å²) in [7, 11) is 0. The second-order valence-corrected chi connectivity index (χ2v) is 5.48. The predicted molar refractivity (Wildman–Crippen MR) is 70.6 cm³/mol. The number of para-hydroxylation sites is 1. The number of ether oxygens (including phenoxy) is 1. The Bertz CT molecular complexity index is 596. The first-order valence-electron chi connectivity index (χ1n) is 5.95. The Morgan fingerprint density at radius 1 is 1.32 bits per heavy atom. The van der Waals surface area contributed by atoms with Gasteiger partial charge in [-0.15, -0.1) is 11.3 Å². The van der Waals surface area contributed by atoms with Gasteiger partial charge in [-0.25, -0.2) is 4.98 Å². The van der Waals surface area contributed by atoms with Crippen LogP contribution in [0.2, 0.25) is 0 Å². The fourth-order valence-corrected chi connectivity index (χ4v) is 2.92. The van der Waals surface area contributed by atoms with E-state index in [9.17, 15) is 8.78 Å². The number of hydrogen-bond donors (Lipinski definition) is 1. The minimum atomic E-state index is -2.86. The predicted octanol–water partition coefficient (Wildman–Crippen LogP) is 3.87. The van der Waals surface area contributed by atoms with Crippen LogP contribution in [0, 0.1) is 0 Å². The van der Waals surface area contributed by atoms with Crippen molar-refractivity contribution >= 4 is 16.3 Å². The van der Waals surface area contributed by atoms with Crippen molar-refractivity contribution in [1.29, 1.82) is 0 Å². The highest BCUT2D eigenvalue weighted by atomic mass is 32.1. The molecule has 2 N–H and O–H groups in total. The first kappa shape index (κ1) is 12.3. The zero-order valence-corrected chi connectivity index (χ0v) is 10.8. The fourth-order valence-electron chi connectivity index (χ4n) is 1.91. The number of nitrogens with zero attached hydrogens (tertiary/aromatic N) is 1. The van der Waals surface area contributed by atoms with Crippen LogP contribution in [0.25, 0.3) is 11.3 Å². The van der Waals surface area contributed by atoms with Crippen molar-refractivity contribution in [3.8, 4) is 17.0 Å². The Labute approximate surface area is 113 Å². The molecule has 1 aromatic carbocycles. The number of aromatic nitrogens is 1. The van der Waals surface area contributed by atoms with E-state index in [2.05, 4.69) is 9.72 Å². The number of halogens is 2. The number of nitrogen functional groups attached to an aromatic ring is 1. The van der Waals surface area contributed by atoms with E-state index < -0.39 is 6.61 Å². The summed E-state index contributed by atoms with van der Waals surface area (Å²) in [5.41, 5.74) is 7.01. The van der Waals surface area contributed by atoms with E-state index in [-0.39, 0.29) is 5.75 Å². The Balaban J connectivity index is 2.01. The topological polar surface area (TPSA) is 48.1 Å². The zero-order chi connectivity index (χ0) is 13.4. The molecule has 3 nitrogen and oxygen atoms in total. The third-order valence-electron chi connectivity index (χ3n) is 2.95. The largest absolute Gasteiger partial charge is 0.434 e. The Hall–Kier alpha value is -1.69. The molecular formula is C13H12F2N2OS. The number of alkyl halides is 2. The third kappa shape index (κ3) is 2.53. The molecule has 1 aliphatic rings. The van der Waals surface area contributed by atoms with Crippen LogP contribution < -0.4 is 10.5 Å². The number of benzene rings is 1. The van der Waals surface area contributed by atoms with Gasteiger partial charge in [-0.1, -0.05) is 12.1 Å². The lowest BCUT2D eigenvalue weighted by Gasteiger charge is -2.09. The van der Waals surface area contributed by atoms with Crippen molar-refractivity contribution in [1.82, 2.24) is 4.98 Å². The van der Waals surface area contributed by atoms with Crippen LogP contribution in [-0.4, -0.2) is 11.6 Å². The molecule has 19 heavy (non-hydrogen) atoms. The van der Waals surface area contributed by atoms with Crippen molar-refractivity contribution in [3.05, 3.63) is 29.3 Å². The maximum absolute atomic E-state index is 12.4. The van der Waals surface area contributed by atoms with Gasteiger partial charge in [0.2, 0.25) is 0 Å². The van der Waals surface area contributed by atoms with Gasteiger partial charge in [0.25, 0.3) is 0 Å². The van der Waals surface area contributed by atoms with E-state index in [1.54, 1.807) is 18.2 Å². The monoisotopic (exact) mass is 282 g/mol. The second-order valence-electron chi connectivity index (χ2n) is 4.41. The van der Waals surface area contributed by atoms with Gasteiger partial charge < -0.3 is 10.5 Å². The van der Waals surface area contributed by atoms with Crippen LogP contribution >= 0.6 is 11.3 Å². The Morgan fingerprint density at radius 3 is 2.74 bits per heavy atom. The molecular weight excluding hydrogens is 270 g/mol. The molecule has 1 aromatic heterocycles. The molecule has 6 heteroatoms. The van der Waals surface area contributed by atoms with E-state index in [0.29, 0.717) is 22.2 Å². The highest BCUT2D eigenvalue weighted by Gasteiger charge is 2.28. The summed E-state index contributed by atoms with van der Waals surface area (Å²) < 4.78 is 29.3. The number of nitrogens with two attached hydrogens (primary N) is 1. The van der Waals surface area contributed by atoms with Gasteiger partial charge in [-0.2, -0.15) is 8.78 Å². The minimum Gasteiger partial charge on any atom is -0.434 e. The van der Waals surface area contributed by atoms with Gasteiger partial charge in [0.15, 0.2) is 0 Å². The van der Waals surface area contributed by atoms with Crippen LogP contribution in [-0.2, 0) is 0 Å². The molecule has 0 bridgehead atoms. The molecule has 1 saturated carbocycles. The Morgan fingerprint density at radius 2 is 2.05 bits per heavy atom. The lowest BCUT2D eigenvalue weighted by molar-refractivity contribution is -0.0494. The number of anilines is 1. The van der Waals surface area contributed by atoms with Crippen LogP contribution in [0.15, 0.2) is 24.3 Å². The quantitative estimate of drug-likeness (QED) is 0.926. The van der Waals surface area contributed by atoms with E-state index in [1.807, 2.05) is 0 Å². The summed E-state index contributed by atoms with van der Waals surface area (Å²) in [6.45, 7) is -2.86. The second kappa shape index (κ2) is 4.77. The first-order chi connectivity index (χ1) is 9.15. The van der Waals surface area contributed by atoms with Gasteiger partial charge in [0.1, 0.15) is 16.4 Å². The normalized spacial score (nSPS) is 14.9. The van der Waals surface area contributed by atoms with Crippen molar-refractivity contribution in [2.75, 3.05) is 5.73 Å². The molecule has 1 heterocycles. The number of rotatable bonds is 4. The van der Waals surface area contributed by atoms with Gasteiger partial charge in [-0.05, 0) is 25.0 Å². The summed E-state index contributed by atoms with van der Waals surface area (Å²) in [6, 6.07) is 6.59. The maximum Gasteiger partial charge on any atom is 0.387 e. The summed E-state index contributed by atoms with van der Waals surface area (Å²) in [5, 5.41) is 1.53. The summed E-state index contributed by atoms with van der Waals surface area (Å²) in [4.78, 5) is 4.48. The lowest BCUT2D eigenvalue weighted by atomic mass is 10.1. The van der Waals surface area contributed by atoms with E-state index >= 15 is 0 Å². The molecule has 0 atom stereocenters. The maximum atomic E-state index is 12.4. The van der Waals surface area contributed by atoms with E-state index in [4.69, 9.17) is 5.73 Å². The van der Waals surface area contributed by atoms with Crippen molar-refractivity contribution < 1.29 is 13.5 Å². The fraction of sp³-hybridized carbons (Fsp3) is 0.308. The molecule has 0 amide bonds. The smallest absolute Gasteiger partial charge is 0.387 e. The minimum absolute atomic E-state index is 0.108. The standard InChI is InChI=1S/C13H12F2N2OS/c14-13(15)18-9-4-2-1-3-8(9)10-11(16)19-12(17-10)7-5-6-7/h1-4,7,13H,5-6,16H2. The van der Waals surface area contributed by atoms with Crippen LogP contribution in [0.4, 0.5) is 13.8 Å². The molecule has 3 rings (SSSR count). The van der Waals surface area contributed by atoms with Crippen molar-refractivity contribution in [2.24, 2.45) is 0 Å². The highest BCUT2D eigenvalue weighted by Crippen LogP contribution is 2.46. The summed E-state index contributed by atoms with van der Waals surface area (Å²) in [6.07, 6.45) is 2.25. The van der Waals surface area contributed by atoms with Crippen LogP contribution in [0.3, 0.4) is 0 Å². The highest BCUT2D eigenvalue weighted by molar-refractivity contribution is 7.16. The van der Waals surface area contributed by atoms with Gasteiger partial charge in [0, 0.05) is 11.5 Å². The molecule has 0 spiro atoms. The third-order valence-corrected chi connectivity index (χ3v) is 4.00. The molecule has 1 fully saturated rings. The molecule has 0 unspecified atom stereocenters. The van der Waals surface area contributed by atoms with E-state index in [0.717, 1.165) is 17.8 Å². The van der Waals surface area contributed by atoms with Gasteiger partial charge in [-0.3, -0.25) is 0 Å². The molecule has 100 valence electrons. The molecule has 1 aliphatic carbocycles. The molecule has 0 aliphatic heterocycles. The SMILES string of the molecule is Nc1sc(C2CC2)nc1-c1ccccc1OC(F)F.